The molecule has 2 rings (SSSR count). The van der Waals surface area contributed by atoms with Crippen molar-refractivity contribution < 1.29 is 13.5 Å². The Morgan fingerprint density at radius 3 is 2.83 bits per heavy atom. The molecule has 98 valence electrons. The van der Waals surface area contributed by atoms with E-state index in [1.165, 1.54) is 6.07 Å². The number of benzene rings is 1. The molecule has 1 aromatic carbocycles. The van der Waals surface area contributed by atoms with E-state index in [1.54, 1.807) is 11.7 Å². The third-order valence-electron chi connectivity index (χ3n) is 2.73. The molecule has 0 aliphatic heterocycles. The molecule has 1 aromatic heterocycles. The largest absolute Gasteiger partial charge is 0.385 e. The van der Waals surface area contributed by atoms with Crippen LogP contribution < -0.4 is 0 Å². The monoisotopic (exact) mass is 274 g/mol. The lowest BCUT2D eigenvalue weighted by atomic mass is 10.3. The molecule has 0 radical (unpaired) electrons. The minimum absolute atomic E-state index is 0.155. The third-order valence-corrected chi connectivity index (χ3v) is 2.97. The Labute approximate surface area is 108 Å². The Balaban J connectivity index is 2.49. The Bertz CT molecular complexity index is 556. The van der Waals surface area contributed by atoms with Crippen molar-refractivity contribution in [3.63, 3.8) is 0 Å². The highest BCUT2D eigenvalue weighted by Gasteiger charge is 2.16. The lowest BCUT2D eigenvalue weighted by Crippen LogP contribution is -2.06. The molecule has 0 atom stereocenters. The summed E-state index contributed by atoms with van der Waals surface area (Å²) in [5, 5.41) is 0. The average Bonchev–Trinajstić information content (AvgIpc) is 2.73. The number of aryl methyl sites for hydroxylation is 1. The fraction of sp³-hybridized carbons (Fsp3) is 0.417. The molecule has 3 nitrogen and oxygen atoms in total. The minimum atomic E-state index is -0.881. The quantitative estimate of drug-likeness (QED) is 0.619. The number of ether oxygens (including phenoxy) is 1. The highest BCUT2D eigenvalue weighted by atomic mass is 35.5. The van der Waals surface area contributed by atoms with Crippen molar-refractivity contribution in [1.29, 1.82) is 0 Å². The molecule has 6 heteroatoms. The van der Waals surface area contributed by atoms with Gasteiger partial charge in [-0.15, -0.1) is 11.6 Å². The fourth-order valence-electron chi connectivity index (χ4n) is 1.92. The van der Waals surface area contributed by atoms with Gasteiger partial charge in [-0.1, -0.05) is 0 Å². The van der Waals surface area contributed by atoms with Gasteiger partial charge in [0.25, 0.3) is 0 Å². The molecular weight excluding hydrogens is 262 g/mol. The van der Waals surface area contributed by atoms with Gasteiger partial charge in [-0.25, -0.2) is 13.8 Å². The van der Waals surface area contributed by atoms with E-state index in [0.717, 1.165) is 6.07 Å². The molecule has 0 saturated heterocycles. The van der Waals surface area contributed by atoms with E-state index in [-0.39, 0.29) is 11.4 Å². The normalized spacial score (nSPS) is 11.3. The Kier molecular flexibility index (Phi) is 4.14. The molecule has 0 unspecified atom stereocenters. The molecule has 0 N–H and O–H groups in total. The first-order chi connectivity index (χ1) is 8.69. The molecule has 0 spiro atoms. The van der Waals surface area contributed by atoms with E-state index in [2.05, 4.69) is 4.98 Å². The van der Waals surface area contributed by atoms with Crippen LogP contribution in [0.1, 0.15) is 12.2 Å². The second-order valence-corrected chi connectivity index (χ2v) is 4.16. The molecule has 2 aromatic rings. The highest BCUT2D eigenvalue weighted by molar-refractivity contribution is 6.16. The number of halogens is 3. The summed E-state index contributed by atoms with van der Waals surface area (Å²) in [6, 6.07) is 2.53. The molecule has 0 saturated carbocycles. The number of imidazole rings is 1. The second-order valence-electron chi connectivity index (χ2n) is 3.89. The Morgan fingerprint density at radius 2 is 2.17 bits per heavy atom. The summed E-state index contributed by atoms with van der Waals surface area (Å²) >= 11 is 5.78. The third kappa shape index (κ3) is 2.33. The van der Waals surface area contributed by atoms with E-state index in [9.17, 15) is 8.78 Å². The number of nitrogens with zero attached hydrogens (tertiary/aromatic N) is 2. The Morgan fingerprint density at radius 1 is 1.39 bits per heavy atom. The number of rotatable bonds is 5. The summed E-state index contributed by atoms with van der Waals surface area (Å²) < 4.78 is 33.6. The SMILES string of the molecule is COCCCn1c(CCl)nc2ccc(F)c(F)c21. The standard InChI is InChI=1S/C12H13ClF2N2O/c1-18-6-2-5-17-10(7-13)16-9-4-3-8(14)11(15)12(9)17/h3-4H,2,5-7H2,1H3. The van der Waals surface area contributed by atoms with Gasteiger partial charge in [-0.2, -0.15) is 0 Å². The summed E-state index contributed by atoms with van der Waals surface area (Å²) in [5.74, 6) is -1.07. The van der Waals surface area contributed by atoms with Crippen LogP contribution in [-0.2, 0) is 17.2 Å². The predicted molar refractivity (Wildman–Crippen MR) is 65.7 cm³/mol. The first kappa shape index (κ1) is 13.2. The minimum Gasteiger partial charge on any atom is -0.385 e. The lowest BCUT2D eigenvalue weighted by molar-refractivity contribution is 0.190. The topological polar surface area (TPSA) is 27.1 Å². The molecule has 0 aliphatic carbocycles. The Hall–Kier alpha value is -1.20. The first-order valence-corrected chi connectivity index (χ1v) is 6.10. The first-order valence-electron chi connectivity index (χ1n) is 5.57. The lowest BCUT2D eigenvalue weighted by Gasteiger charge is -2.07. The number of alkyl halides is 1. The number of hydrogen-bond acceptors (Lipinski definition) is 2. The smallest absolute Gasteiger partial charge is 0.184 e. The van der Waals surface area contributed by atoms with Gasteiger partial charge in [0.2, 0.25) is 0 Å². The maximum absolute atomic E-state index is 13.8. The van der Waals surface area contributed by atoms with Crippen molar-refractivity contribution >= 4 is 22.6 Å². The maximum Gasteiger partial charge on any atom is 0.184 e. The van der Waals surface area contributed by atoms with Crippen LogP contribution >= 0.6 is 11.6 Å². The summed E-state index contributed by atoms with van der Waals surface area (Å²) in [7, 11) is 1.59. The zero-order chi connectivity index (χ0) is 13.1. The van der Waals surface area contributed by atoms with Crippen molar-refractivity contribution in [1.82, 2.24) is 9.55 Å². The van der Waals surface area contributed by atoms with Crippen molar-refractivity contribution in [3.05, 3.63) is 29.6 Å². The zero-order valence-corrected chi connectivity index (χ0v) is 10.7. The van der Waals surface area contributed by atoms with E-state index < -0.39 is 11.6 Å². The molecule has 0 fully saturated rings. The van der Waals surface area contributed by atoms with E-state index in [1.807, 2.05) is 0 Å². The number of fused-ring (bicyclic) bond motifs is 1. The molecule has 0 bridgehead atoms. The summed E-state index contributed by atoms with van der Waals surface area (Å²) in [4.78, 5) is 4.20. The van der Waals surface area contributed by atoms with Gasteiger partial charge in [0.15, 0.2) is 11.6 Å². The van der Waals surface area contributed by atoms with Crippen LogP contribution in [0.25, 0.3) is 11.0 Å². The molecule has 18 heavy (non-hydrogen) atoms. The number of hydrogen-bond donors (Lipinski definition) is 0. The van der Waals surface area contributed by atoms with Crippen LogP contribution in [0.5, 0.6) is 0 Å². The van der Waals surface area contributed by atoms with Gasteiger partial charge in [0.05, 0.1) is 11.4 Å². The average molecular weight is 275 g/mol. The van der Waals surface area contributed by atoms with Crippen LogP contribution in [0, 0.1) is 11.6 Å². The zero-order valence-electron chi connectivity index (χ0n) is 9.92. The van der Waals surface area contributed by atoms with Gasteiger partial charge in [0, 0.05) is 20.3 Å². The van der Waals surface area contributed by atoms with Gasteiger partial charge in [-0.3, -0.25) is 0 Å². The second kappa shape index (κ2) is 5.63. The van der Waals surface area contributed by atoms with E-state index in [0.29, 0.717) is 30.9 Å². The van der Waals surface area contributed by atoms with Crippen LogP contribution in [0.4, 0.5) is 8.78 Å². The van der Waals surface area contributed by atoms with E-state index >= 15 is 0 Å². The fourth-order valence-corrected chi connectivity index (χ4v) is 2.12. The van der Waals surface area contributed by atoms with Crippen LogP contribution in [-0.4, -0.2) is 23.3 Å². The molecular formula is C12H13ClF2N2O. The summed E-state index contributed by atoms with van der Waals surface area (Å²) in [6.45, 7) is 1.03. The predicted octanol–water partition coefficient (Wildman–Crippen LogP) is 3.09. The van der Waals surface area contributed by atoms with Crippen molar-refractivity contribution in [3.8, 4) is 0 Å². The maximum atomic E-state index is 13.8. The van der Waals surface area contributed by atoms with Crippen molar-refractivity contribution in [2.75, 3.05) is 13.7 Å². The van der Waals surface area contributed by atoms with E-state index in [4.69, 9.17) is 16.3 Å². The summed E-state index contributed by atoms with van der Waals surface area (Å²) in [5.41, 5.74) is 0.587. The van der Waals surface area contributed by atoms with Crippen LogP contribution in [0.3, 0.4) is 0 Å². The summed E-state index contributed by atoms with van der Waals surface area (Å²) in [6.07, 6.45) is 0.682. The molecule has 0 aliphatic rings. The van der Waals surface area contributed by atoms with Gasteiger partial charge >= 0.3 is 0 Å². The number of aromatic nitrogens is 2. The van der Waals surface area contributed by atoms with Gasteiger partial charge in [0.1, 0.15) is 11.3 Å². The van der Waals surface area contributed by atoms with Gasteiger partial charge < -0.3 is 9.30 Å². The van der Waals surface area contributed by atoms with Crippen molar-refractivity contribution in [2.24, 2.45) is 0 Å². The van der Waals surface area contributed by atoms with Crippen molar-refractivity contribution in [2.45, 2.75) is 18.8 Å². The molecule has 0 amide bonds. The van der Waals surface area contributed by atoms with Gasteiger partial charge in [-0.05, 0) is 18.6 Å². The number of methoxy groups -OCH3 is 1. The molecule has 1 heterocycles. The highest BCUT2D eigenvalue weighted by Crippen LogP contribution is 2.23. The van der Waals surface area contributed by atoms with Crippen LogP contribution in [0.15, 0.2) is 12.1 Å². The van der Waals surface area contributed by atoms with Crippen LogP contribution in [0.2, 0.25) is 0 Å².